The van der Waals surface area contributed by atoms with E-state index in [1.165, 1.54) is 17.0 Å². The number of ether oxygens (including phenoxy) is 1. The number of nitro groups is 1. The van der Waals surface area contributed by atoms with Crippen molar-refractivity contribution < 1.29 is 14.5 Å². The van der Waals surface area contributed by atoms with Crippen LogP contribution in [0, 0.1) is 24.0 Å². The number of aryl methyl sites for hydroxylation is 2. The van der Waals surface area contributed by atoms with Crippen LogP contribution < -0.4 is 0 Å². The number of carbonyl (C=O) groups excluding carboxylic acids is 1. The van der Waals surface area contributed by atoms with Gasteiger partial charge >= 0.3 is 11.8 Å². The van der Waals surface area contributed by atoms with Crippen LogP contribution in [0.1, 0.15) is 22.0 Å². The van der Waals surface area contributed by atoms with Gasteiger partial charge in [-0.1, -0.05) is 0 Å². The van der Waals surface area contributed by atoms with Gasteiger partial charge in [-0.15, -0.1) is 0 Å². The van der Waals surface area contributed by atoms with Crippen LogP contribution in [0.3, 0.4) is 0 Å². The van der Waals surface area contributed by atoms with Crippen molar-refractivity contribution in [3.05, 3.63) is 52.1 Å². The summed E-state index contributed by atoms with van der Waals surface area (Å²) in [6, 6.07) is 0. The van der Waals surface area contributed by atoms with Crippen LogP contribution in [0.25, 0.3) is 5.65 Å². The summed E-state index contributed by atoms with van der Waals surface area (Å²) in [6.45, 7) is 3.54. The SMILES string of the molecule is Cc1cn2ccnc(C(=O)OCCn3c([N+](=O)[O-])cnc3C)c2n1. The lowest BCUT2D eigenvalue weighted by atomic mass is 10.4. The van der Waals surface area contributed by atoms with Crippen molar-refractivity contribution in [1.29, 1.82) is 0 Å². The second-order valence-corrected chi connectivity index (χ2v) is 5.10. The molecule has 0 aliphatic rings. The van der Waals surface area contributed by atoms with Crippen LogP contribution in [-0.2, 0) is 11.3 Å². The average Bonchev–Trinajstić information content (AvgIpc) is 3.09. The van der Waals surface area contributed by atoms with Gasteiger partial charge in [-0.2, -0.15) is 0 Å². The molecule has 0 aromatic carbocycles. The second kappa shape index (κ2) is 6.07. The van der Waals surface area contributed by atoms with Gasteiger partial charge in [0.25, 0.3) is 0 Å². The quantitative estimate of drug-likeness (QED) is 0.393. The fourth-order valence-corrected chi connectivity index (χ4v) is 2.36. The van der Waals surface area contributed by atoms with E-state index in [2.05, 4.69) is 15.0 Å². The van der Waals surface area contributed by atoms with Crippen LogP contribution in [0.4, 0.5) is 5.82 Å². The summed E-state index contributed by atoms with van der Waals surface area (Å²) < 4.78 is 8.24. The first kappa shape index (κ1) is 15.6. The average molecular weight is 330 g/mol. The first-order chi connectivity index (χ1) is 11.5. The van der Waals surface area contributed by atoms with Gasteiger partial charge in [0.2, 0.25) is 0 Å². The van der Waals surface area contributed by atoms with Crippen molar-refractivity contribution in [2.24, 2.45) is 0 Å². The van der Waals surface area contributed by atoms with Crippen molar-refractivity contribution in [1.82, 2.24) is 23.9 Å². The highest BCUT2D eigenvalue weighted by Gasteiger charge is 2.19. The molecule has 0 fully saturated rings. The van der Waals surface area contributed by atoms with E-state index in [1.54, 1.807) is 23.7 Å². The summed E-state index contributed by atoms with van der Waals surface area (Å²) in [5.74, 6) is -0.305. The molecule has 0 radical (unpaired) electrons. The fourth-order valence-electron chi connectivity index (χ4n) is 2.36. The third-order valence-corrected chi connectivity index (χ3v) is 3.46. The van der Waals surface area contributed by atoms with Crippen molar-refractivity contribution in [3.8, 4) is 0 Å². The number of hydrogen-bond acceptors (Lipinski definition) is 7. The molecule has 10 heteroatoms. The van der Waals surface area contributed by atoms with E-state index in [0.717, 1.165) is 5.69 Å². The molecule has 0 aliphatic carbocycles. The van der Waals surface area contributed by atoms with E-state index in [1.807, 2.05) is 6.92 Å². The zero-order valence-corrected chi connectivity index (χ0v) is 13.0. The van der Waals surface area contributed by atoms with Crippen LogP contribution in [-0.4, -0.2) is 41.4 Å². The minimum atomic E-state index is -0.633. The van der Waals surface area contributed by atoms with Crippen molar-refractivity contribution >= 4 is 17.4 Å². The molecule has 124 valence electrons. The summed E-state index contributed by atoms with van der Waals surface area (Å²) in [5, 5.41) is 10.9. The molecule has 24 heavy (non-hydrogen) atoms. The lowest BCUT2D eigenvalue weighted by molar-refractivity contribution is -0.392. The topological polar surface area (TPSA) is 117 Å². The molecule has 0 bridgehead atoms. The van der Waals surface area contributed by atoms with Crippen LogP contribution in [0.2, 0.25) is 0 Å². The molecular formula is C14H14N6O4. The number of imidazole rings is 2. The third kappa shape index (κ3) is 2.81. The molecule has 0 N–H and O–H groups in total. The summed E-state index contributed by atoms with van der Waals surface area (Å²) >= 11 is 0. The highest BCUT2D eigenvalue weighted by atomic mass is 16.6. The smallest absolute Gasteiger partial charge is 0.360 e. The zero-order valence-electron chi connectivity index (χ0n) is 13.0. The number of nitrogens with zero attached hydrogens (tertiary/aromatic N) is 6. The lowest BCUT2D eigenvalue weighted by Crippen LogP contribution is -2.15. The largest absolute Gasteiger partial charge is 0.457 e. The number of aromatic nitrogens is 5. The molecule has 3 aromatic heterocycles. The Bertz CT molecular complexity index is 929. The Labute approximate surface area is 135 Å². The predicted octanol–water partition coefficient (Wildman–Crippen LogP) is 1.31. The molecule has 10 nitrogen and oxygen atoms in total. The van der Waals surface area contributed by atoms with Gasteiger partial charge in [-0.25, -0.2) is 24.3 Å². The van der Waals surface area contributed by atoms with E-state index in [9.17, 15) is 14.9 Å². The van der Waals surface area contributed by atoms with Crippen LogP contribution >= 0.6 is 0 Å². The van der Waals surface area contributed by atoms with E-state index < -0.39 is 10.9 Å². The maximum Gasteiger partial charge on any atom is 0.360 e. The molecule has 3 rings (SSSR count). The highest BCUT2D eigenvalue weighted by Crippen LogP contribution is 2.14. The van der Waals surface area contributed by atoms with Gasteiger partial charge in [0.15, 0.2) is 17.2 Å². The van der Waals surface area contributed by atoms with Crippen molar-refractivity contribution in [2.75, 3.05) is 6.61 Å². The first-order valence-electron chi connectivity index (χ1n) is 7.11. The monoisotopic (exact) mass is 330 g/mol. The molecule has 0 spiro atoms. The Morgan fingerprint density at radius 2 is 2.17 bits per heavy atom. The van der Waals surface area contributed by atoms with E-state index in [4.69, 9.17) is 4.74 Å². The molecule has 0 saturated heterocycles. The minimum absolute atomic E-state index is 0.0424. The number of esters is 1. The van der Waals surface area contributed by atoms with E-state index in [-0.39, 0.29) is 24.7 Å². The predicted molar refractivity (Wildman–Crippen MR) is 81.6 cm³/mol. The Balaban J connectivity index is 1.72. The Morgan fingerprint density at radius 1 is 1.38 bits per heavy atom. The normalized spacial score (nSPS) is 10.9. The number of fused-ring (bicyclic) bond motifs is 1. The van der Waals surface area contributed by atoms with Crippen molar-refractivity contribution in [3.63, 3.8) is 0 Å². The maximum atomic E-state index is 12.2. The molecule has 3 heterocycles. The highest BCUT2D eigenvalue weighted by molar-refractivity contribution is 5.93. The molecule has 0 amide bonds. The molecule has 0 unspecified atom stereocenters. The number of hydrogen-bond donors (Lipinski definition) is 0. The van der Waals surface area contributed by atoms with Gasteiger partial charge in [0, 0.05) is 25.5 Å². The van der Waals surface area contributed by atoms with E-state index in [0.29, 0.717) is 11.5 Å². The molecule has 0 saturated carbocycles. The molecule has 0 atom stereocenters. The van der Waals surface area contributed by atoms with Gasteiger partial charge in [0.1, 0.15) is 19.3 Å². The summed E-state index contributed by atoms with van der Waals surface area (Å²) in [4.78, 5) is 34.7. The maximum absolute atomic E-state index is 12.2. The zero-order chi connectivity index (χ0) is 17.3. The molecule has 3 aromatic rings. The van der Waals surface area contributed by atoms with Gasteiger partial charge in [-0.05, 0) is 11.8 Å². The molecular weight excluding hydrogens is 316 g/mol. The van der Waals surface area contributed by atoms with Crippen LogP contribution in [0.5, 0.6) is 0 Å². The summed E-state index contributed by atoms with van der Waals surface area (Å²) in [7, 11) is 0. The van der Waals surface area contributed by atoms with Crippen LogP contribution in [0.15, 0.2) is 24.8 Å². The summed E-state index contributed by atoms with van der Waals surface area (Å²) in [5.41, 5.74) is 1.26. The Hall–Kier alpha value is -3.30. The van der Waals surface area contributed by atoms with E-state index >= 15 is 0 Å². The van der Waals surface area contributed by atoms with Crippen molar-refractivity contribution in [2.45, 2.75) is 20.4 Å². The number of carbonyl (C=O) groups is 1. The fraction of sp³-hybridized carbons (Fsp3) is 0.286. The van der Waals surface area contributed by atoms with Gasteiger partial charge < -0.3 is 19.3 Å². The van der Waals surface area contributed by atoms with Gasteiger partial charge in [-0.3, -0.25) is 0 Å². The Morgan fingerprint density at radius 3 is 2.92 bits per heavy atom. The Kier molecular flexibility index (Phi) is 3.94. The minimum Gasteiger partial charge on any atom is -0.457 e. The number of rotatable bonds is 5. The lowest BCUT2D eigenvalue weighted by Gasteiger charge is -2.05. The second-order valence-electron chi connectivity index (χ2n) is 5.10. The van der Waals surface area contributed by atoms with Gasteiger partial charge in [0.05, 0.1) is 5.69 Å². The molecule has 0 aliphatic heterocycles. The standard InChI is InChI=1S/C14H14N6O4/c1-9-8-18-4-3-15-12(13(18)17-9)14(21)24-6-5-19-10(2)16-7-11(19)20(22)23/h3-4,7-8H,5-6H2,1-2H3. The summed E-state index contributed by atoms with van der Waals surface area (Å²) in [6.07, 6.45) is 6.11. The first-order valence-corrected chi connectivity index (χ1v) is 7.11. The third-order valence-electron chi connectivity index (χ3n) is 3.46.